The number of benzene rings is 1. The Kier molecular flexibility index (Phi) is 7.63. The highest BCUT2D eigenvalue weighted by Gasteiger charge is 2.33. The molecule has 0 heterocycles. The van der Waals surface area contributed by atoms with Gasteiger partial charge in [0.2, 0.25) is 0 Å². The number of ketones is 1. The van der Waals surface area contributed by atoms with Crippen LogP contribution in [0.1, 0.15) is 37.6 Å². The van der Waals surface area contributed by atoms with E-state index in [0.717, 1.165) is 5.57 Å². The van der Waals surface area contributed by atoms with E-state index in [1.54, 1.807) is 0 Å². The van der Waals surface area contributed by atoms with Crippen LogP contribution in [0.5, 0.6) is 0 Å². The summed E-state index contributed by atoms with van der Waals surface area (Å²) >= 11 is 2.41. The quantitative estimate of drug-likeness (QED) is 0.212. The van der Waals surface area contributed by atoms with E-state index in [1.807, 2.05) is 57.2 Å². The Hall–Kier alpha value is -0.723. The highest BCUT2D eigenvalue weighted by atomic mass is 127. The minimum Gasteiger partial charge on any atom is -0.360 e. The molecule has 0 radical (unpaired) electrons. The summed E-state index contributed by atoms with van der Waals surface area (Å²) < 4.78 is 7.54. The molecule has 1 aromatic carbocycles. The largest absolute Gasteiger partial charge is 0.360 e. The SMILES string of the molecule is C=CC/C(=C(/I)[Si](C)(C)C)C(OC(C)(C)C)C(=O)c1ccccc1. The van der Waals surface area contributed by atoms with E-state index in [4.69, 9.17) is 4.74 Å². The van der Waals surface area contributed by atoms with Crippen molar-refractivity contribution in [1.82, 2.24) is 0 Å². The molecule has 0 aliphatic heterocycles. The first kappa shape index (κ1) is 21.3. The number of halogens is 1. The summed E-state index contributed by atoms with van der Waals surface area (Å²) in [6.07, 6.45) is 1.97. The molecule has 0 bridgehead atoms. The predicted octanol–water partition coefficient (Wildman–Crippen LogP) is 6.20. The van der Waals surface area contributed by atoms with Crippen molar-refractivity contribution in [3.63, 3.8) is 0 Å². The zero-order valence-corrected chi connectivity index (χ0v) is 18.8. The Morgan fingerprint density at radius 3 is 2.21 bits per heavy atom. The van der Waals surface area contributed by atoms with E-state index in [2.05, 4.69) is 48.8 Å². The van der Waals surface area contributed by atoms with Crippen LogP contribution in [0.25, 0.3) is 0 Å². The van der Waals surface area contributed by atoms with Crippen LogP contribution in [-0.4, -0.2) is 25.6 Å². The summed E-state index contributed by atoms with van der Waals surface area (Å²) in [5.41, 5.74) is 1.35. The topological polar surface area (TPSA) is 26.3 Å². The fourth-order valence-electron chi connectivity index (χ4n) is 2.34. The standard InChI is InChI=1S/C20H29IO2Si/c1-8-12-16(19(21)24(5,6)7)18(23-20(2,3)4)17(22)15-13-10-9-11-14-15/h8-11,13-14,18H,1,12H2,2-7H3/b19-16+. The lowest BCUT2D eigenvalue weighted by molar-refractivity contribution is -0.0320. The minimum atomic E-state index is -1.56. The van der Waals surface area contributed by atoms with Crippen molar-refractivity contribution in [2.24, 2.45) is 0 Å². The maximum atomic E-state index is 13.2. The van der Waals surface area contributed by atoms with E-state index in [9.17, 15) is 4.79 Å². The van der Waals surface area contributed by atoms with Crippen LogP contribution < -0.4 is 0 Å². The minimum absolute atomic E-state index is 0.0230. The smallest absolute Gasteiger partial charge is 0.195 e. The lowest BCUT2D eigenvalue weighted by Crippen LogP contribution is -2.37. The summed E-state index contributed by atoms with van der Waals surface area (Å²) in [7, 11) is -1.56. The molecular weight excluding hydrogens is 427 g/mol. The number of allylic oxidation sites excluding steroid dienone is 1. The van der Waals surface area contributed by atoms with Crippen molar-refractivity contribution >= 4 is 36.4 Å². The van der Waals surface area contributed by atoms with Gasteiger partial charge in [-0.2, -0.15) is 0 Å². The molecule has 0 aromatic heterocycles. The Balaban J connectivity index is 3.45. The van der Waals surface area contributed by atoms with Crippen LogP contribution in [0.3, 0.4) is 0 Å². The normalized spacial score (nSPS) is 14.8. The average Bonchev–Trinajstić information content (AvgIpc) is 2.48. The summed E-state index contributed by atoms with van der Waals surface area (Å²) in [6.45, 7) is 16.7. The molecule has 24 heavy (non-hydrogen) atoms. The lowest BCUT2D eigenvalue weighted by Gasteiger charge is -2.31. The van der Waals surface area contributed by atoms with E-state index in [-0.39, 0.29) is 5.78 Å². The van der Waals surface area contributed by atoms with Crippen LogP contribution in [-0.2, 0) is 4.74 Å². The molecule has 2 nitrogen and oxygen atoms in total. The van der Waals surface area contributed by atoms with Crippen molar-refractivity contribution in [3.05, 3.63) is 57.3 Å². The summed E-state index contributed by atoms with van der Waals surface area (Å²) in [5, 5.41) is 0. The van der Waals surface area contributed by atoms with Crippen molar-refractivity contribution < 1.29 is 9.53 Å². The second kappa shape index (κ2) is 8.58. The summed E-state index contributed by atoms with van der Waals surface area (Å²) in [5.74, 6) is 0.0230. The molecule has 1 rings (SSSR count). The maximum absolute atomic E-state index is 13.2. The molecule has 1 atom stereocenters. The van der Waals surface area contributed by atoms with Crippen molar-refractivity contribution in [2.45, 2.75) is 58.5 Å². The van der Waals surface area contributed by atoms with Gasteiger partial charge in [-0.1, -0.05) is 78.6 Å². The van der Waals surface area contributed by atoms with E-state index in [0.29, 0.717) is 12.0 Å². The monoisotopic (exact) mass is 456 g/mol. The first-order chi connectivity index (χ1) is 11.0. The van der Waals surface area contributed by atoms with Crippen LogP contribution >= 0.6 is 22.6 Å². The summed E-state index contributed by atoms with van der Waals surface area (Å²) in [6, 6.07) is 9.41. The van der Waals surface area contributed by atoms with Crippen LogP contribution in [0.15, 0.2) is 51.8 Å². The third-order valence-corrected chi connectivity index (χ3v) is 10.6. The second-order valence-electron chi connectivity index (χ2n) is 7.92. The van der Waals surface area contributed by atoms with Gasteiger partial charge in [0.1, 0.15) is 6.10 Å². The highest BCUT2D eigenvalue weighted by molar-refractivity contribution is 14.1. The number of hydrogen-bond donors (Lipinski definition) is 0. The second-order valence-corrected chi connectivity index (χ2v) is 15.0. The molecular formula is C20H29IO2Si. The van der Waals surface area contributed by atoms with Gasteiger partial charge in [0, 0.05) is 5.56 Å². The van der Waals surface area contributed by atoms with Gasteiger partial charge in [0.15, 0.2) is 5.78 Å². The molecule has 0 saturated carbocycles. The molecule has 1 aromatic rings. The number of ether oxygens (including phenoxy) is 1. The molecule has 0 N–H and O–H groups in total. The van der Waals surface area contributed by atoms with Crippen molar-refractivity contribution in [2.75, 3.05) is 0 Å². The van der Waals surface area contributed by atoms with Gasteiger partial charge in [-0.05, 0) is 36.0 Å². The first-order valence-electron chi connectivity index (χ1n) is 8.24. The van der Waals surface area contributed by atoms with Crippen molar-refractivity contribution in [1.29, 1.82) is 0 Å². The zero-order chi connectivity index (χ0) is 18.5. The van der Waals surface area contributed by atoms with Gasteiger partial charge >= 0.3 is 0 Å². The van der Waals surface area contributed by atoms with E-state index >= 15 is 0 Å². The predicted molar refractivity (Wildman–Crippen MR) is 115 cm³/mol. The van der Waals surface area contributed by atoms with Gasteiger partial charge in [-0.25, -0.2) is 0 Å². The number of carbonyl (C=O) groups is 1. The number of rotatable bonds is 7. The van der Waals surface area contributed by atoms with Gasteiger partial charge in [0.05, 0.1) is 13.7 Å². The van der Waals surface area contributed by atoms with Gasteiger partial charge in [0.25, 0.3) is 0 Å². The van der Waals surface area contributed by atoms with Crippen LogP contribution in [0, 0.1) is 0 Å². The van der Waals surface area contributed by atoms with E-state index in [1.165, 1.54) is 3.20 Å². The summed E-state index contributed by atoms with van der Waals surface area (Å²) in [4.78, 5) is 13.2. The van der Waals surface area contributed by atoms with Crippen LogP contribution in [0.4, 0.5) is 0 Å². The highest BCUT2D eigenvalue weighted by Crippen LogP contribution is 2.33. The molecule has 0 aliphatic carbocycles. The zero-order valence-electron chi connectivity index (χ0n) is 15.7. The molecule has 132 valence electrons. The molecule has 0 amide bonds. The lowest BCUT2D eigenvalue weighted by atomic mass is 9.97. The Bertz CT molecular complexity index is 607. The third-order valence-electron chi connectivity index (χ3n) is 3.39. The van der Waals surface area contributed by atoms with Crippen molar-refractivity contribution in [3.8, 4) is 0 Å². The van der Waals surface area contributed by atoms with Gasteiger partial charge < -0.3 is 4.74 Å². The Labute approximate surface area is 161 Å². The molecule has 4 heteroatoms. The molecule has 0 saturated heterocycles. The molecule has 0 fully saturated rings. The fourth-order valence-corrected chi connectivity index (χ4v) is 4.04. The Morgan fingerprint density at radius 2 is 1.79 bits per heavy atom. The molecule has 1 unspecified atom stereocenters. The fraction of sp³-hybridized carbons (Fsp3) is 0.450. The maximum Gasteiger partial charge on any atom is 0.195 e. The average molecular weight is 456 g/mol. The third kappa shape index (κ3) is 6.30. The van der Waals surface area contributed by atoms with Gasteiger partial charge in [-0.15, -0.1) is 6.58 Å². The van der Waals surface area contributed by atoms with Gasteiger partial charge in [-0.3, -0.25) is 4.79 Å². The molecule has 0 spiro atoms. The Morgan fingerprint density at radius 1 is 1.25 bits per heavy atom. The molecule has 0 aliphatic rings. The van der Waals surface area contributed by atoms with Crippen LogP contribution in [0.2, 0.25) is 19.6 Å². The first-order valence-corrected chi connectivity index (χ1v) is 12.8. The number of hydrogen-bond acceptors (Lipinski definition) is 2. The number of Topliss-reactive ketones (excluding diaryl/α,β-unsaturated/α-hetero) is 1. The number of carbonyl (C=O) groups excluding carboxylic acids is 1. The van der Waals surface area contributed by atoms with E-state index < -0.39 is 19.8 Å².